The Morgan fingerprint density at radius 3 is 2.92 bits per heavy atom. The molecule has 0 aliphatic heterocycles. The van der Waals surface area contributed by atoms with Crippen molar-refractivity contribution in [2.75, 3.05) is 7.05 Å². The Kier molecular flexibility index (Phi) is 3.36. The summed E-state index contributed by atoms with van der Waals surface area (Å²) in [4.78, 5) is 15.2. The first-order valence-electron chi connectivity index (χ1n) is 3.94. The zero-order valence-corrected chi connectivity index (χ0v) is 8.64. The highest BCUT2D eigenvalue weighted by Gasteiger charge is 2.15. The number of carbonyl (C=O) groups is 1. The van der Waals surface area contributed by atoms with Crippen molar-refractivity contribution in [1.82, 2.24) is 10.3 Å². The molecule has 1 atom stereocenters. The van der Waals surface area contributed by atoms with Crippen molar-refractivity contribution in [3.63, 3.8) is 0 Å². The third-order valence-electron chi connectivity index (χ3n) is 1.49. The van der Waals surface area contributed by atoms with Crippen molar-refractivity contribution < 1.29 is 9.21 Å². The summed E-state index contributed by atoms with van der Waals surface area (Å²) in [7, 11) is 1.61. The normalized spacial score (nSPS) is 12.5. The summed E-state index contributed by atoms with van der Waals surface area (Å²) >= 11 is 1.31. The maximum Gasteiger partial charge on any atom is 0.256 e. The van der Waals surface area contributed by atoms with Crippen LogP contribution in [-0.4, -0.2) is 23.2 Å². The number of carbonyl (C=O) groups excluding carboxylic acids is 1. The molecular formula is C8H12N2O2S. The molecule has 0 saturated carbocycles. The van der Waals surface area contributed by atoms with Crippen LogP contribution < -0.4 is 5.32 Å². The summed E-state index contributed by atoms with van der Waals surface area (Å²) in [6, 6.07) is 0. The van der Waals surface area contributed by atoms with Crippen molar-refractivity contribution in [3.05, 3.63) is 12.0 Å². The molecule has 1 heterocycles. The summed E-state index contributed by atoms with van der Waals surface area (Å²) in [5, 5.41) is 2.92. The van der Waals surface area contributed by atoms with Gasteiger partial charge in [0.1, 0.15) is 6.26 Å². The van der Waals surface area contributed by atoms with Gasteiger partial charge in [-0.05, 0) is 13.8 Å². The zero-order valence-electron chi connectivity index (χ0n) is 7.83. The molecule has 1 rings (SSSR count). The number of nitrogens with one attached hydrogen (secondary N) is 1. The van der Waals surface area contributed by atoms with Gasteiger partial charge in [0.15, 0.2) is 0 Å². The molecule has 0 aliphatic carbocycles. The van der Waals surface area contributed by atoms with Crippen molar-refractivity contribution in [2.24, 2.45) is 0 Å². The number of hydrogen-bond acceptors (Lipinski definition) is 4. The van der Waals surface area contributed by atoms with Crippen LogP contribution in [0.4, 0.5) is 0 Å². The van der Waals surface area contributed by atoms with Crippen LogP contribution in [0.1, 0.15) is 12.6 Å². The highest BCUT2D eigenvalue weighted by atomic mass is 32.2. The van der Waals surface area contributed by atoms with E-state index in [1.165, 1.54) is 11.8 Å². The van der Waals surface area contributed by atoms with Gasteiger partial charge < -0.3 is 9.73 Å². The minimum atomic E-state index is -0.178. The van der Waals surface area contributed by atoms with Crippen molar-refractivity contribution in [1.29, 1.82) is 0 Å². The maximum atomic E-state index is 11.1. The van der Waals surface area contributed by atoms with Gasteiger partial charge in [0.2, 0.25) is 5.91 Å². The fourth-order valence-electron chi connectivity index (χ4n) is 0.795. The number of oxazole rings is 1. The topological polar surface area (TPSA) is 55.1 Å². The molecule has 0 aromatic carbocycles. The van der Waals surface area contributed by atoms with Gasteiger partial charge in [0.05, 0.1) is 10.9 Å². The van der Waals surface area contributed by atoms with Crippen molar-refractivity contribution in [2.45, 2.75) is 24.3 Å². The molecule has 1 N–H and O–H groups in total. The standard InChI is InChI=1S/C8H12N2O2S/c1-5-4-12-8(10-5)13-6(2)7(11)9-3/h4,6H,1-3H3,(H,9,11). The first kappa shape index (κ1) is 10.1. The maximum absolute atomic E-state index is 11.1. The molecule has 1 unspecified atom stereocenters. The average molecular weight is 200 g/mol. The van der Waals surface area contributed by atoms with E-state index in [9.17, 15) is 4.79 Å². The minimum absolute atomic E-state index is 0.0270. The van der Waals surface area contributed by atoms with Crippen LogP contribution in [0.2, 0.25) is 0 Å². The van der Waals surface area contributed by atoms with Crippen LogP contribution in [-0.2, 0) is 4.79 Å². The van der Waals surface area contributed by atoms with Crippen LogP contribution in [0.25, 0.3) is 0 Å². The highest BCUT2D eigenvalue weighted by molar-refractivity contribution is 8.00. The zero-order chi connectivity index (χ0) is 9.84. The van der Waals surface area contributed by atoms with Gasteiger partial charge in [0.25, 0.3) is 5.22 Å². The summed E-state index contributed by atoms with van der Waals surface area (Å²) in [5.74, 6) is -0.0270. The molecule has 0 fully saturated rings. The Labute approximate surface area is 81.1 Å². The van der Waals surface area contributed by atoms with E-state index in [1.54, 1.807) is 13.3 Å². The second-order valence-corrected chi connectivity index (χ2v) is 3.92. The summed E-state index contributed by atoms with van der Waals surface area (Å²) in [5.41, 5.74) is 0.826. The van der Waals surface area contributed by atoms with E-state index in [4.69, 9.17) is 4.42 Å². The monoisotopic (exact) mass is 200 g/mol. The molecule has 4 nitrogen and oxygen atoms in total. The fourth-order valence-corrected chi connectivity index (χ4v) is 1.62. The Balaban J connectivity index is 2.54. The van der Waals surface area contributed by atoms with Crippen LogP contribution in [0.3, 0.4) is 0 Å². The van der Waals surface area contributed by atoms with Gasteiger partial charge in [-0.3, -0.25) is 4.79 Å². The third kappa shape index (κ3) is 2.77. The first-order chi connectivity index (χ1) is 6.13. The molecule has 1 amide bonds. The number of aromatic nitrogens is 1. The number of aryl methyl sites for hydroxylation is 1. The Morgan fingerprint density at radius 1 is 1.77 bits per heavy atom. The van der Waals surface area contributed by atoms with E-state index in [2.05, 4.69) is 10.3 Å². The molecule has 1 aromatic rings. The molecule has 1 aromatic heterocycles. The lowest BCUT2D eigenvalue weighted by molar-refractivity contribution is -0.119. The molecule has 0 radical (unpaired) electrons. The minimum Gasteiger partial charge on any atom is -0.440 e. The smallest absolute Gasteiger partial charge is 0.256 e. The second-order valence-electron chi connectivity index (χ2n) is 2.63. The summed E-state index contributed by atoms with van der Waals surface area (Å²) < 4.78 is 5.10. The molecule has 0 bridgehead atoms. The SMILES string of the molecule is CNC(=O)C(C)Sc1nc(C)co1. The van der Waals surface area contributed by atoms with E-state index in [0.717, 1.165) is 5.69 Å². The lowest BCUT2D eigenvalue weighted by atomic mass is 10.4. The van der Waals surface area contributed by atoms with E-state index < -0.39 is 0 Å². The molecule has 0 spiro atoms. The lowest BCUT2D eigenvalue weighted by Crippen LogP contribution is -2.27. The van der Waals surface area contributed by atoms with Crippen LogP contribution in [0.5, 0.6) is 0 Å². The predicted octanol–water partition coefficient (Wildman–Crippen LogP) is 1.21. The number of thioether (sulfide) groups is 1. The number of nitrogens with zero attached hydrogens (tertiary/aromatic N) is 1. The van der Waals surface area contributed by atoms with E-state index >= 15 is 0 Å². The average Bonchev–Trinajstić information content (AvgIpc) is 2.49. The Morgan fingerprint density at radius 2 is 2.46 bits per heavy atom. The van der Waals surface area contributed by atoms with Crippen molar-refractivity contribution in [3.8, 4) is 0 Å². The van der Waals surface area contributed by atoms with Gasteiger partial charge in [-0.25, -0.2) is 4.98 Å². The number of amides is 1. The van der Waals surface area contributed by atoms with Gasteiger partial charge in [-0.15, -0.1) is 0 Å². The lowest BCUT2D eigenvalue weighted by Gasteiger charge is -2.05. The van der Waals surface area contributed by atoms with Gasteiger partial charge >= 0.3 is 0 Å². The molecule has 13 heavy (non-hydrogen) atoms. The molecule has 0 saturated heterocycles. The predicted molar refractivity (Wildman–Crippen MR) is 50.6 cm³/mol. The van der Waals surface area contributed by atoms with Gasteiger partial charge in [-0.1, -0.05) is 11.8 Å². The van der Waals surface area contributed by atoms with Gasteiger partial charge in [-0.2, -0.15) is 0 Å². The van der Waals surface area contributed by atoms with Crippen LogP contribution in [0, 0.1) is 6.92 Å². The van der Waals surface area contributed by atoms with E-state index in [-0.39, 0.29) is 11.2 Å². The Hall–Kier alpha value is -0.970. The van der Waals surface area contributed by atoms with Crippen LogP contribution in [0.15, 0.2) is 15.9 Å². The van der Waals surface area contributed by atoms with E-state index in [0.29, 0.717) is 5.22 Å². The molecule has 72 valence electrons. The Bertz CT molecular complexity index is 298. The summed E-state index contributed by atoms with van der Waals surface area (Å²) in [6.07, 6.45) is 1.57. The number of hydrogen-bond donors (Lipinski definition) is 1. The quantitative estimate of drug-likeness (QED) is 0.745. The molecule has 0 aliphatic rings. The van der Waals surface area contributed by atoms with Crippen LogP contribution >= 0.6 is 11.8 Å². The van der Waals surface area contributed by atoms with Crippen molar-refractivity contribution >= 4 is 17.7 Å². The fraction of sp³-hybridized carbons (Fsp3) is 0.500. The first-order valence-corrected chi connectivity index (χ1v) is 4.82. The van der Waals surface area contributed by atoms with Gasteiger partial charge in [0, 0.05) is 7.05 Å². The summed E-state index contributed by atoms with van der Waals surface area (Å²) in [6.45, 7) is 3.65. The number of rotatable bonds is 3. The van der Waals surface area contributed by atoms with E-state index in [1.807, 2.05) is 13.8 Å². The largest absolute Gasteiger partial charge is 0.440 e. The molecule has 5 heteroatoms. The highest BCUT2D eigenvalue weighted by Crippen LogP contribution is 2.21. The second kappa shape index (κ2) is 4.32. The molecular weight excluding hydrogens is 188 g/mol. The third-order valence-corrected chi connectivity index (χ3v) is 2.45.